The summed E-state index contributed by atoms with van der Waals surface area (Å²) in [7, 11) is 0. The third-order valence-electron chi connectivity index (χ3n) is 3.48. The second-order valence-electron chi connectivity index (χ2n) is 5.43. The Morgan fingerprint density at radius 3 is 2.52 bits per heavy atom. The topological polar surface area (TPSA) is 85.8 Å². The third-order valence-corrected chi connectivity index (χ3v) is 3.48. The van der Waals surface area contributed by atoms with E-state index in [1.165, 1.54) is 44.9 Å². The second kappa shape index (κ2) is 11.3. The Hall–Kier alpha value is -1.43. The van der Waals surface area contributed by atoms with Gasteiger partial charge in [0, 0.05) is 6.54 Å². The summed E-state index contributed by atoms with van der Waals surface area (Å²) in [5.74, 6) is -0.173. The molecule has 0 unspecified atom stereocenters. The first kappa shape index (κ1) is 17.6. The Bertz CT molecular complexity index is 391. The van der Waals surface area contributed by atoms with Crippen LogP contribution < -0.4 is 11.1 Å². The van der Waals surface area contributed by atoms with E-state index in [1.54, 1.807) is 0 Å². The number of nitrogens with one attached hydrogen (secondary N) is 1. The van der Waals surface area contributed by atoms with Gasteiger partial charge >= 0.3 is 0 Å². The van der Waals surface area contributed by atoms with Crippen molar-refractivity contribution in [1.29, 1.82) is 0 Å². The number of aryl methyl sites for hydroxylation is 1. The fourth-order valence-corrected chi connectivity index (χ4v) is 2.20. The number of hydrogen-bond donors (Lipinski definition) is 2. The highest BCUT2D eigenvalue weighted by Gasteiger charge is 2.02. The van der Waals surface area contributed by atoms with Gasteiger partial charge in [0.25, 0.3) is 0 Å². The maximum atomic E-state index is 11.0. The zero-order chi connectivity index (χ0) is 15.3. The van der Waals surface area contributed by atoms with Gasteiger partial charge in [-0.15, -0.1) is 5.10 Å². The van der Waals surface area contributed by atoms with Gasteiger partial charge in [-0.1, -0.05) is 57.1 Å². The van der Waals surface area contributed by atoms with Crippen LogP contribution in [0.1, 0.15) is 64.0 Å². The molecule has 0 atom stereocenters. The molecule has 0 spiro atoms. The smallest absolute Gasteiger partial charge is 0.234 e. The van der Waals surface area contributed by atoms with Crippen LogP contribution >= 0.6 is 0 Å². The molecule has 120 valence electrons. The highest BCUT2D eigenvalue weighted by Crippen LogP contribution is 2.08. The highest BCUT2D eigenvalue weighted by molar-refractivity contribution is 5.77. The van der Waals surface area contributed by atoms with Crippen molar-refractivity contribution in [3.63, 3.8) is 0 Å². The Balaban J connectivity index is 2.05. The molecule has 6 nitrogen and oxygen atoms in total. The third kappa shape index (κ3) is 8.45. The first-order chi connectivity index (χ1) is 10.3. The zero-order valence-electron chi connectivity index (χ0n) is 13.2. The minimum absolute atomic E-state index is 0.00634. The summed E-state index contributed by atoms with van der Waals surface area (Å²) < 4.78 is 1.85. The van der Waals surface area contributed by atoms with Gasteiger partial charge in [0.05, 0.1) is 19.3 Å². The molecule has 0 saturated carbocycles. The SMILES string of the molecule is CCCCCCCCCCn1cc(CNC(=O)CN)nn1. The van der Waals surface area contributed by atoms with Crippen molar-refractivity contribution in [3.05, 3.63) is 11.9 Å². The summed E-state index contributed by atoms with van der Waals surface area (Å²) in [6.07, 6.45) is 12.3. The van der Waals surface area contributed by atoms with E-state index in [9.17, 15) is 4.79 Å². The number of carbonyl (C=O) groups is 1. The quantitative estimate of drug-likeness (QED) is 0.577. The molecule has 0 saturated heterocycles. The van der Waals surface area contributed by atoms with Crippen LogP contribution in [0.3, 0.4) is 0 Å². The first-order valence-corrected chi connectivity index (χ1v) is 8.12. The lowest BCUT2D eigenvalue weighted by atomic mass is 10.1. The van der Waals surface area contributed by atoms with Crippen molar-refractivity contribution in [1.82, 2.24) is 20.3 Å². The van der Waals surface area contributed by atoms with Crippen LogP contribution in [0.25, 0.3) is 0 Å². The van der Waals surface area contributed by atoms with E-state index in [4.69, 9.17) is 5.73 Å². The number of hydrogen-bond acceptors (Lipinski definition) is 4. The van der Waals surface area contributed by atoms with Gasteiger partial charge in [-0.05, 0) is 6.42 Å². The predicted molar refractivity (Wildman–Crippen MR) is 83.5 cm³/mol. The molecular formula is C15H29N5O. The summed E-state index contributed by atoms with van der Waals surface area (Å²) in [5, 5.41) is 10.8. The first-order valence-electron chi connectivity index (χ1n) is 8.12. The molecule has 1 heterocycles. The molecule has 21 heavy (non-hydrogen) atoms. The number of unbranched alkanes of at least 4 members (excludes halogenated alkanes) is 7. The van der Waals surface area contributed by atoms with Gasteiger partial charge in [0.2, 0.25) is 5.91 Å². The molecule has 0 radical (unpaired) electrons. The molecule has 0 fully saturated rings. The minimum Gasteiger partial charge on any atom is -0.349 e. The molecule has 1 aromatic rings. The zero-order valence-corrected chi connectivity index (χ0v) is 13.2. The van der Waals surface area contributed by atoms with Crippen LogP contribution in [0, 0.1) is 0 Å². The van der Waals surface area contributed by atoms with E-state index in [1.807, 2.05) is 10.9 Å². The molecule has 0 aliphatic heterocycles. The Labute approximate surface area is 127 Å². The molecule has 0 aromatic carbocycles. The van der Waals surface area contributed by atoms with E-state index in [0.717, 1.165) is 18.7 Å². The summed E-state index contributed by atoms with van der Waals surface area (Å²) in [5.41, 5.74) is 5.99. The molecule has 0 aliphatic rings. The summed E-state index contributed by atoms with van der Waals surface area (Å²) >= 11 is 0. The predicted octanol–water partition coefficient (Wildman–Crippen LogP) is 1.99. The van der Waals surface area contributed by atoms with Gasteiger partial charge in [0.1, 0.15) is 5.69 Å². The summed E-state index contributed by atoms with van der Waals surface area (Å²) in [6, 6.07) is 0. The van der Waals surface area contributed by atoms with Gasteiger partial charge in [-0.2, -0.15) is 0 Å². The van der Waals surface area contributed by atoms with Gasteiger partial charge in [0.15, 0.2) is 0 Å². The normalized spacial score (nSPS) is 10.8. The van der Waals surface area contributed by atoms with Crippen molar-refractivity contribution < 1.29 is 4.79 Å². The van der Waals surface area contributed by atoms with E-state index in [-0.39, 0.29) is 12.5 Å². The van der Waals surface area contributed by atoms with E-state index < -0.39 is 0 Å². The molecule has 3 N–H and O–H groups in total. The van der Waals surface area contributed by atoms with Crippen molar-refractivity contribution >= 4 is 5.91 Å². The molecule has 0 bridgehead atoms. The number of carbonyl (C=O) groups excluding carboxylic acids is 1. The molecule has 1 aromatic heterocycles. The maximum Gasteiger partial charge on any atom is 0.234 e. The lowest BCUT2D eigenvalue weighted by Crippen LogP contribution is -2.29. The number of amides is 1. The van der Waals surface area contributed by atoms with Crippen LogP contribution in [0.5, 0.6) is 0 Å². The lowest BCUT2D eigenvalue weighted by Gasteiger charge is -2.02. The summed E-state index contributed by atoms with van der Waals surface area (Å²) in [6.45, 7) is 3.54. The standard InChI is InChI=1S/C15H29N5O/c1-2-3-4-5-6-7-8-9-10-20-13-14(18-19-20)12-17-15(21)11-16/h13H,2-12,16H2,1H3,(H,17,21). The summed E-state index contributed by atoms with van der Waals surface area (Å²) in [4.78, 5) is 11.0. The Kier molecular flexibility index (Phi) is 9.44. The van der Waals surface area contributed by atoms with Crippen LogP contribution in [-0.2, 0) is 17.9 Å². The van der Waals surface area contributed by atoms with Crippen LogP contribution in [0.4, 0.5) is 0 Å². The molecule has 0 aliphatic carbocycles. The lowest BCUT2D eigenvalue weighted by molar-refractivity contribution is -0.119. The van der Waals surface area contributed by atoms with Crippen molar-refractivity contribution in [2.24, 2.45) is 5.73 Å². The highest BCUT2D eigenvalue weighted by atomic mass is 16.1. The van der Waals surface area contributed by atoms with Crippen LogP contribution in [0.2, 0.25) is 0 Å². The number of nitrogens with two attached hydrogens (primary N) is 1. The number of aromatic nitrogens is 3. The van der Waals surface area contributed by atoms with E-state index >= 15 is 0 Å². The Morgan fingerprint density at radius 2 is 1.86 bits per heavy atom. The molecule has 6 heteroatoms. The Morgan fingerprint density at radius 1 is 1.19 bits per heavy atom. The van der Waals surface area contributed by atoms with E-state index in [2.05, 4.69) is 22.6 Å². The fraction of sp³-hybridized carbons (Fsp3) is 0.800. The monoisotopic (exact) mass is 295 g/mol. The molecular weight excluding hydrogens is 266 g/mol. The van der Waals surface area contributed by atoms with Crippen LogP contribution in [0.15, 0.2) is 6.20 Å². The average Bonchev–Trinajstić information content (AvgIpc) is 2.95. The fourth-order valence-electron chi connectivity index (χ4n) is 2.20. The van der Waals surface area contributed by atoms with Crippen molar-refractivity contribution in [2.75, 3.05) is 6.54 Å². The molecule has 1 rings (SSSR count). The van der Waals surface area contributed by atoms with Crippen LogP contribution in [-0.4, -0.2) is 27.4 Å². The number of rotatable bonds is 12. The molecule has 1 amide bonds. The van der Waals surface area contributed by atoms with Gasteiger partial charge in [-0.3, -0.25) is 9.48 Å². The number of nitrogens with zero attached hydrogens (tertiary/aromatic N) is 3. The van der Waals surface area contributed by atoms with Gasteiger partial charge in [-0.25, -0.2) is 0 Å². The minimum atomic E-state index is -0.173. The second-order valence-corrected chi connectivity index (χ2v) is 5.43. The largest absolute Gasteiger partial charge is 0.349 e. The van der Waals surface area contributed by atoms with Crippen molar-refractivity contribution in [2.45, 2.75) is 71.4 Å². The average molecular weight is 295 g/mol. The van der Waals surface area contributed by atoms with Gasteiger partial charge < -0.3 is 11.1 Å². The maximum absolute atomic E-state index is 11.0. The van der Waals surface area contributed by atoms with Crippen molar-refractivity contribution in [3.8, 4) is 0 Å². The van der Waals surface area contributed by atoms with E-state index in [0.29, 0.717) is 6.54 Å².